The van der Waals surface area contributed by atoms with Crippen molar-refractivity contribution in [3.05, 3.63) is 28.8 Å². The maximum Gasteiger partial charge on any atom is 0.241 e. The molecule has 2 N–H and O–H groups in total. The highest BCUT2D eigenvalue weighted by Gasteiger charge is 2.18. The number of benzene rings is 1. The summed E-state index contributed by atoms with van der Waals surface area (Å²) in [4.78, 5) is 14.1. The number of nitrogens with zero attached hydrogens (tertiary/aromatic N) is 1. The molecular formula is C15H23ClN2O2. The fourth-order valence-corrected chi connectivity index (χ4v) is 1.92. The van der Waals surface area contributed by atoms with Gasteiger partial charge in [0.15, 0.2) is 0 Å². The number of amides is 1. The van der Waals surface area contributed by atoms with Crippen LogP contribution in [0.25, 0.3) is 0 Å². The van der Waals surface area contributed by atoms with E-state index in [1.165, 1.54) is 0 Å². The fourth-order valence-electron chi connectivity index (χ4n) is 1.75. The maximum atomic E-state index is 12.2. The number of hydrogen-bond acceptors (Lipinski definition) is 3. The van der Waals surface area contributed by atoms with Crippen molar-refractivity contribution >= 4 is 23.2 Å². The smallest absolute Gasteiger partial charge is 0.241 e. The summed E-state index contributed by atoms with van der Waals surface area (Å²) in [7, 11) is 1.87. The van der Waals surface area contributed by atoms with Crippen molar-refractivity contribution in [2.24, 2.45) is 0 Å². The van der Waals surface area contributed by atoms with Crippen molar-refractivity contribution in [1.29, 1.82) is 0 Å². The molecule has 4 nitrogen and oxygen atoms in total. The molecule has 0 saturated heterocycles. The van der Waals surface area contributed by atoms with Crippen LogP contribution in [0.5, 0.6) is 0 Å². The molecule has 0 aliphatic carbocycles. The number of halogens is 1. The number of hydrogen-bond donors (Lipinski definition) is 2. The van der Waals surface area contributed by atoms with Crippen molar-refractivity contribution in [2.75, 3.05) is 18.9 Å². The van der Waals surface area contributed by atoms with Crippen LogP contribution >= 0.6 is 11.6 Å². The summed E-state index contributed by atoms with van der Waals surface area (Å²) in [6, 6.07) is 5.15. The lowest BCUT2D eigenvalue weighted by Gasteiger charge is -2.24. The van der Waals surface area contributed by atoms with E-state index < -0.39 is 0 Å². The molecule has 0 heterocycles. The molecule has 0 bridgehead atoms. The summed E-state index contributed by atoms with van der Waals surface area (Å²) in [6.45, 7) is 6.18. The molecule has 2 unspecified atom stereocenters. The van der Waals surface area contributed by atoms with Crippen molar-refractivity contribution < 1.29 is 9.90 Å². The molecule has 1 aromatic rings. The molecule has 0 aliphatic heterocycles. The van der Waals surface area contributed by atoms with Gasteiger partial charge in [0.1, 0.15) is 0 Å². The van der Waals surface area contributed by atoms with Crippen LogP contribution < -0.4 is 5.32 Å². The summed E-state index contributed by atoms with van der Waals surface area (Å²) >= 11 is 5.94. The monoisotopic (exact) mass is 298 g/mol. The van der Waals surface area contributed by atoms with E-state index >= 15 is 0 Å². The highest BCUT2D eigenvalue weighted by Crippen LogP contribution is 2.20. The van der Waals surface area contributed by atoms with Gasteiger partial charge in [-0.15, -0.1) is 0 Å². The van der Waals surface area contributed by atoms with Crippen LogP contribution in [0.2, 0.25) is 5.02 Å². The summed E-state index contributed by atoms with van der Waals surface area (Å²) in [5, 5.41) is 12.8. The number of aryl methyl sites for hydroxylation is 1. The molecule has 1 aromatic carbocycles. The van der Waals surface area contributed by atoms with Gasteiger partial charge < -0.3 is 10.4 Å². The van der Waals surface area contributed by atoms with Crippen LogP contribution in [0.3, 0.4) is 0 Å². The molecule has 0 fully saturated rings. The highest BCUT2D eigenvalue weighted by atomic mass is 35.5. The number of rotatable bonds is 6. The standard InChI is InChI=1S/C15H23ClN2O2/c1-10-5-6-13(16)9-14(10)17-15(20)12(3)18(4)8-7-11(2)19/h5-6,9,11-12,19H,7-8H2,1-4H3,(H,17,20). The summed E-state index contributed by atoms with van der Waals surface area (Å²) in [6.07, 6.45) is 0.285. The summed E-state index contributed by atoms with van der Waals surface area (Å²) < 4.78 is 0. The minimum Gasteiger partial charge on any atom is -0.393 e. The number of likely N-dealkylation sites (N-methyl/N-ethyl adjacent to an activating group) is 1. The second-order valence-corrected chi connectivity index (χ2v) is 5.68. The topological polar surface area (TPSA) is 52.6 Å². The molecule has 1 amide bonds. The third-order valence-electron chi connectivity index (χ3n) is 3.40. The number of aliphatic hydroxyl groups excluding tert-OH is 1. The molecule has 0 aliphatic rings. The third-order valence-corrected chi connectivity index (χ3v) is 3.63. The van der Waals surface area contributed by atoms with Crippen LogP contribution in [-0.2, 0) is 4.79 Å². The first-order valence-electron chi connectivity index (χ1n) is 6.76. The van der Waals surface area contributed by atoms with Crippen molar-refractivity contribution in [3.8, 4) is 0 Å². The predicted molar refractivity (Wildman–Crippen MR) is 83.2 cm³/mol. The van der Waals surface area contributed by atoms with E-state index in [1.807, 2.05) is 31.9 Å². The highest BCUT2D eigenvalue weighted by molar-refractivity contribution is 6.31. The lowest BCUT2D eigenvalue weighted by atomic mass is 10.2. The van der Waals surface area contributed by atoms with Crippen LogP contribution in [0.15, 0.2) is 18.2 Å². The summed E-state index contributed by atoms with van der Waals surface area (Å²) in [5.74, 6) is -0.0801. The Morgan fingerprint density at radius 1 is 1.45 bits per heavy atom. The molecule has 1 rings (SSSR count). The van der Waals surface area contributed by atoms with Gasteiger partial charge in [0.25, 0.3) is 0 Å². The zero-order valence-corrected chi connectivity index (χ0v) is 13.2. The minimum absolute atomic E-state index is 0.0801. The van der Waals surface area contributed by atoms with Gasteiger partial charge in [-0.1, -0.05) is 17.7 Å². The minimum atomic E-state index is -0.358. The second kappa shape index (κ2) is 7.62. The first-order chi connectivity index (χ1) is 9.31. The van der Waals surface area contributed by atoms with E-state index in [1.54, 1.807) is 19.1 Å². The molecule has 0 saturated carbocycles. The average Bonchev–Trinajstić information content (AvgIpc) is 2.39. The SMILES string of the molecule is Cc1ccc(Cl)cc1NC(=O)C(C)N(C)CCC(C)O. The van der Waals surface area contributed by atoms with Crippen LogP contribution in [0.1, 0.15) is 25.8 Å². The molecule has 0 aromatic heterocycles. The van der Waals surface area contributed by atoms with E-state index in [9.17, 15) is 9.90 Å². The first kappa shape index (κ1) is 17.0. The Labute approximate surface area is 125 Å². The molecule has 0 radical (unpaired) electrons. The normalized spacial score (nSPS) is 14.2. The maximum absolute atomic E-state index is 12.2. The Kier molecular flexibility index (Phi) is 6.46. The van der Waals surface area contributed by atoms with Gasteiger partial charge in [-0.2, -0.15) is 0 Å². The van der Waals surface area contributed by atoms with Crippen LogP contribution in [0, 0.1) is 6.92 Å². The number of nitrogens with one attached hydrogen (secondary N) is 1. The number of aliphatic hydroxyl groups is 1. The molecule has 5 heteroatoms. The molecule has 2 atom stereocenters. The van der Waals surface area contributed by atoms with Gasteiger partial charge in [0, 0.05) is 17.3 Å². The quantitative estimate of drug-likeness (QED) is 0.849. The first-order valence-corrected chi connectivity index (χ1v) is 7.14. The Balaban J connectivity index is 2.63. The van der Waals surface area contributed by atoms with Gasteiger partial charge >= 0.3 is 0 Å². The van der Waals surface area contributed by atoms with Gasteiger partial charge in [-0.3, -0.25) is 9.69 Å². The van der Waals surface area contributed by atoms with E-state index in [0.29, 0.717) is 18.0 Å². The fraction of sp³-hybridized carbons (Fsp3) is 0.533. The molecule has 20 heavy (non-hydrogen) atoms. The average molecular weight is 299 g/mol. The van der Waals surface area contributed by atoms with Gasteiger partial charge in [-0.25, -0.2) is 0 Å². The predicted octanol–water partition coefficient (Wildman–Crippen LogP) is 2.68. The Morgan fingerprint density at radius 2 is 2.10 bits per heavy atom. The van der Waals surface area contributed by atoms with E-state index in [0.717, 1.165) is 11.3 Å². The van der Waals surface area contributed by atoms with Crippen molar-refractivity contribution in [2.45, 2.75) is 39.3 Å². The van der Waals surface area contributed by atoms with Gasteiger partial charge in [0.2, 0.25) is 5.91 Å². The summed E-state index contributed by atoms with van der Waals surface area (Å²) in [5.41, 5.74) is 1.71. The zero-order chi connectivity index (χ0) is 15.3. The molecule has 112 valence electrons. The Bertz CT molecular complexity index is 463. The number of carbonyl (C=O) groups excluding carboxylic acids is 1. The van der Waals surface area contributed by atoms with E-state index in [2.05, 4.69) is 5.32 Å². The third kappa shape index (κ3) is 5.12. The van der Waals surface area contributed by atoms with Crippen molar-refractivity contribution in [3.63, 3.8) is 0 Å². The lowest BCUT2D eigenvalue weighted by molar-refractivity contribution is -0.120. The van der Waals surface area contributed by atoms with Crippen LogP contribution in [0.4, 0.5) is 5.69 Å². The Morgan fingerprint density at radius 3 is 2.70 bits per heavy atom. The van der Waals surface area contributed by atoms with E-state index in [-0.39, 0.29) is 18.1 Å². The van der Waals surface area contributed by atoms with Crippen molar-refractivity contribution in [1.82, 2.24) is 4.90 Å². The van der Waals surface area contributed by atoms with Gasteiger partial charge in [-0.05, 0) is 51.9 Å². The molecular weight excluding hydrogens is 276 g/mol. The Hall–Kier alpha value is -1.10. The van der Waals surface area contributed by atoms with Gasteiger partial charge in [0.05, 0.1) is 12.1 Å². The lowest BCUT2D eigenvalue weighted by Crippen LogP contribution is -2.40. The second-order valence-electron chi connectivity index (χ2n) is 5.24. The molecule has 0 spiro atoms. The zero-order valence-electron chi connectivity index (χ0n) is 12.5. The number of carbonyl (C=O) groups is 1. The van der Waals surface area contributed by atoms with E-state index in [4.69, 9.17) is 11.6 Å². The number of anilines is 1. The van der Waals surface area contributed by atoms with Crippen LogP contribution in [-0.4, -0.2) is 41.7 Å². The largest absolute Gasteiger partial charge is 0.393 e.